The molecule has 0 spiro atoms. The predicted octanol–water partition coefficient (Wildman–Crippen LogP) is 3.85. The van der Waals surface area contributed by atoms with Crippen LogP contribution in [0, 0.1) is 11.8 Å². The number of carbonyl (C=O) groups excluding carboxylic acids is 1. The van der Waals surface area contributed by atoms with Gasteiger partial charge in [-0.15, -0.1) is 0 Å². The van der Waals surface area contributed by atoms with Crippen LogP contribution >= 0.6 is 0 Å². The molecule has 1 aliphatic heterocycles. The van der Waals surface area contributed by atoms with Crippen LogP contribution in [-0.4, -0.2) is 12.5 Å². The lowest BCUT2D eigenvalue weighted by Crippen LogP contribution is -2.33. The van der Waals surface area contributed by atoms with E-state index in [-0.39, 0.29) is 5.91 Å². The molecule has 0 bridgehead atoms. The molecule has 1 heterocycles. The summed E-state index contributed by atoms with van der Waals surface area (Å²) in [5.41, 5.74) is 3.63. The summed E-state index contributed by atoms with van der Waals surface area (Å²) < 4.78 is 0. The molecule has 0 saturated heterocycles. The number of amides is 1. The zero-order chi connectivity index (χ0) is 15.2. The number of para-hydroxylation sites is 1. The quantitative estimate of drug-likeness (QED) is 0.768. The van der Waals surface area contributed by atoms with Gasteiger partial charge in [0, 0.05) is 17.6 Å². The van der Waals surface area contributed by atoms with Gasteiger partial charge < -0.3 is 4.90 Å². The third kappa shape index (κ3) is 3.14. The van der Waals surface area contributed by atoms with Gasteiger partial charge in [0.15, 0.2) is 0 Å². The molecule has 0 aromatic heterocycles. The van der Waals surface area contributed by atoms with Crippen LogP contribution in [0.15, 0.2) is 60.2 Å². The Bertz CT molecular complexity index is 683. The molecule has 0 saturated carbocycles. The molecule has 0 atom stereocenters. The first-order valence-corrected chi connectivity index (χ1v) is 7.11. The summed E-state index contributed by atoms with van der Waals surface area (Å²) >= 11 is 0. The summed E-state index contributed by atoms with van der Waals surface area (Å²) in [7, 11) is 0. The number of fused-ring (bicyclic) bond motifs is 1. The minimum Gasteiger partial charge on any atom is -0.307 e. The minimum absolute atomic E-state index is 0.0940. The van der Waals surface area contributed by atoms with Gasteiger partial charge in [-0.2, -0.15) is 0 Å². The van der Waals surface area contributed by atoms with Crippen molar-refractivity contribution in [1.82, 2.24) is 0 Å². The van der Waals surface area contributed by atoms with Crippen LogP contribution in [0.2, 0.25) is 0 Å². The Morgan fingerprint density at radius 1 is 1.38 bits per heavy atom. The smallest absolute Gasteiger partial charge is 0.227 e. The fraction of sp³-hybridized carbons (Fsp3) is 0.211. The van der Waals surface area contributed by atoms with E-state index in [1.165, 1.54) is 0 Å². The summed E-state index contributed by atoms with van der Waals surface area (Å²) in [5, 5.41) is 0. The minimum atomic E-state index is 0.0940. The van der Waals surface area contributed by atoms with Crippen LogP contribution in [0.3, 0.4) is 0 Å². The highest BCUT2D eigenvalue weighted by Crippen LogP contribution is 2.25. The number of rotatable bonds is 3. The average Bonchev–Trinajstić information content (AvgIpc) is 2.50. The summed E-state index contributed by atoms with van der Waals surface area (Å²) in [6.07, 6.45) is 6.18. The van der Waals surface area contributed by atoms with Gasteiger partial charge in [-0.1, -0.05) is 55.7 Å². The van der Waals surface area contributed by atoms with E-state index in [0.29, 0.717) is 13.0 Å². The van der Waals surface area contributed by atoms with Crippen molar-refractivity contribution in [2.24, 2.45) is 0 Å². The van der Waals surface area contributed by atoms with Crippen molar-refractivity contribution >= 4 is 11.6 Å². The first kappa shape index (κ1) is 14.9. The van der Waals surface area contributed by atoms with Crippen molar-refractivity contribution < 1.29 is 4.79 Å². The second-order valence-electron chi connectivity index (χ2n) is 4.74. The molecule has 1 aromatic carbocycles. The van der Waals surface area contributed by atoms with Crippen molar-refractivity contribution in [1.29, 1.82) is 0 Å². The van der Waals surface area contributed by atoms with Gasteiger partial charge in [-0.3, -0.25) is 4.79 Å². The second-order valence-corrected chi connectivity index (χ2v) is 4.74. The van der Waals surface area contributed by atoms with Crippen LogP contribution in [-0.2, 0) is 4.79 Å². The Hall–Kier alpha value is -2.53. The normalized spacial score (nSPS) is 17.5. The Labute approximate surface area is 126 Å². The van der Waals surface area contributed by atoms with Crippen LogP contribution in [0.5, 0.6) is 0 Å². The molecule has 0 unspecified atom stereocenters. The lowest BCUT2D eigenvalue weighted by Gasteiger charge is -2.25. The summed E-state index contributed by atoms with van der Waals surface area (Å²) in [5.74, 6) is 6.41. The number of anilines is 1. The SMILES string of the molecule is C=C/C1=C(\C=C/C)CN(C(=O)CC)c2ccccc2C#C1. The molecular weight excluding hydrogens is 258 g/mol. The van der Waals surface area contributed by atoms with Gasteiger partial charge in [0.2, 0.25) is 5.91 Å². The van der Waals surface area contributed by atoms with Gasteiger partial charge in [0.1, 0.15) is 0 Å². The summed E-state index contributed by atoms with van der Waals surface area (Å²) in [4.78, 5) is 14.2. The molecular formula is C19H19NO. The molecule has 106 valence electrons. The van der Waals surface area contributed by atoms with Crippen molar-refractivity contribution in [3.8, 4) is 11.8 Å². The van der Waals surface area contributed by atoms with Crippen LogP contribution in [0.25, 0.3) is 0 Å². The molecule has 1 aromatic rings. The zero-order valence-electron chi connectivity index (χ0n) is 12.5. The fourth-order valence-electron chi connectivity index (χ4n) is 2.31. The molecule has 1 aliphatic rings. The van der Waals surface area contributed by atoms with Crippen LogP contribution in [0.1, 0.15) is 25.8 Å². The Morgan fingerprint density at radius 2 is 2.14 bits per heavy atom. The monoisotopic (exact) mass is 277 g/mol. The third-order valence-corrected chi connectivity index (χ3v) is 3.38. The van der Waals surface area contributed by atoms with E-state index >= 15 is 0 Å². The van der Waals surface area contributed by atoms with Crippen molar-refractivity contribution in [3.05, 3.63) is 65.8 Å². The number of allylic oxidation sites excluding steroid dienone is 3. The average molecular weight is 277 g/mol. The van der Waals surface area contributed by atoms with Crippen LogP contribution < -0.4 is 4.90 Å². The molecule has 2 nitrogen and oxygen atoms in total. The van der Waals surface area contributed by atoms with Gasteiger partial charge in [0.05, 0.1) is 12.2 Å². The summed E-state index contributed by atoms with van der Waals surface area (Å²) in [6, 6.07) is 7.77. The van der Waals surface area contributed by atoms with Gasteiger partial charge in [0.25, 0.3) is 0 Å². The number of nitrogens with zero attached hydrogens (tertiary/aromatic N) is 1. The molecule has 1 amide bonds. The highest BCUT2D eigenvalue weighted by atomic mass is 16.2. The second kappa shape index (κ2) is 6.76. The van der Waals surface area contributed by atoms with Crippen LogP contribution in [0.4, 0.5) is 5.69 Å². The van der Waals surface area contributed by atoms with Gasteiger partial charge in [-0.25, -0.2) is 0 Å². The predicted molar refractivity (Wildman–Crippen MR) is 88.0 cm³/mol. The highest BCUT2D eigenvalue weighted by Gasteiger charge is 2.19. The zero-order valence-corrected chi connectivity index (χ0v) is 12.5. The van der Waals surface area contributed by atoms with Crippen molar-refractivity contribution in [3.63, 3.8) is 0 Å². The molecule has 0 fully saturated rings. The number of benzene rings is 1. The standard InChI is InChI=1S/C19H19NO/c1-4-9-17-14-20(19(21)6-3)18-11-8-7-10-16(18)13-12-15(17)5-2/h4-5,7-11H,2,6,14H2,1,3H3/b9-4-,17-15-. The Morgan fingerprint density at radius 3 is 2.81 bits per heavy atom. The molecule has 2 heteroatoms. The van der Waals surface area contributed by atoms with E-state index in [2.05, 4.69) is 18.4 Å². The number of hydrogen-bond acceptors (Lipinski definition) is 1. The third-order valence-electron chi connectivity index (χ3n) is 3.38. The number of carbonyl (C=O) groups is 1. The van der Waals surface area contributed by atoms with E-state index < -0.39 is 0 Å². The van der Waals surface area contributed by atoms with Gasteiger partial charge >= 0.3 is 0 Å². The fourth-order valence-corrected chi connectivity index (χ4v) is 2.31. The molecule has 0 radical (unpaired) electrons. The molecule has 0 aliphatic carbocycles. The Balaban J connectivity index is 2.65. The summed E-state index contributed by atoms with van der Waals surface area (Å²) in [6.45, 7) is 8.19. The first-order chi connectivity index (χ1) is 10.2. The maximum Gasteiger partial charge on any atom is 0.227 e. The molecule has 0 N–H and O–H groups in total. The maximum atomic E-state index is 12.3. The molecule has 2 rings (SSSR count). The maximum absolute atomic E-state index is 12.3. The Kier molecular flexibility index (Phi) is 4.79. The van der Waals surface area contributed by atoms with E-state index in [4.69, 9.17) is 0 Å². The van der Waals surface area contributed by atoms with E-state index in [1.54, 1.807) is 6.08 Å². The number of hydrogen-bond donors (Lipinski definition) is 0. The lowest BCUT2D eigenvalue weighted by molar-refractivity contribution is -0.118. The largest absolute Gasteiger partial charge is 0.307 e. The topological polar surface area (TPSA) is 20.3 Å². The van der Waals surface area contributed by atoms with E-state index in [1.807, 2.05) is 55.2 Å². The first-order valence-electron chi connectivity index (χ1n) is 7.11. The molecule has 21 heavy (non-hydrogen) atoms. The van der Waals surface area contributed by atoms with Gasteiger partial charge in [-0.05, 0) is 24.6 Å². The van der Waals surface area contributed by atoms with E-state index in [0.717, 1.165) is 22.4 Å². The van der Waals surface area contributed by atoms with E-state index in [9.17, 15) is 4.79 Å². The highest BCUT2D eigenvalue weighted by molar-refractivity contribution is 5.95. The lowest BCUT2D eigenvalue weighted by atomic mass is 10.0. The van der Waals surface area contributed by atoms with Crippen molar-refractivity contribution in [2.45, 2.75) is 20.3 Å². The van der Waals surface area contributed by atoms with Crippen molar-refractivity contribution in [2.75, 3.05) is 11.4 Å².